The minimum Gasteiger partial charge on any atom is -0.308 e. The lowest BCUT2D eigenvalue weighted by atomic mass is 10.0. The van der Waals surface area contributed by atoms with Crippen molar-refractivity contribution in [3.63, 3.8) is 0 Å². The molecule has 10 nitrogen and oxygen atoms in total. The molecule has 0 aliphatic carbocycles. The molecule has 24 rings (SSSR count). The molecule has 0 aliphatic heterocycles. The molecule has 24 aromatic rings. The highest BCUT2D eigenvalue weighted by Gasteiger charge is 2.27. The highest BCUT2D eigenvalue weighted by molar-refractivity contribution is 7.28. The van der Waals surface area contributed by atoms with Crippen molar-refractivity contribution in [3.05, 3.63) is 400 Å². The number of hydrogen-bond donors (Lipinski definition) is 0. The number of benzene rings is 16. The lowest BCUT2D eigenvalue weighted by Gasteiger charge is -2.13. The van der Waals surface area contributed by atoms with Crippen LogP contribution in [-0.2, 0) is 0 Å². The van der Waals surface area contributed by atoms with E-state index < -0.39 is 0 Å². The summed E-state index contributed by atoms with van der Waals surface area (Å²) in [5, 5.41) is 12.0. The van der Waals surface area contributed by atoms with Crippen LogP contribution in [0.5, 0.6) is 0 Å². The zero-order valence-corrected chi connectivity index (χ0v) is 66.0. The normalized spacial score (nSPS) is 11.7. The average Bonchev–Trinajstić information content (AvgIpc) is 1.55. The highest BCUT2D eigenvalue weighted by Crippen LogP contribution is 2.51. The van der Waals surface area contributed by atoms with Crippen LogP contribution in [0, 0.1) is 0 Å². The Morgan fingerprint density at radius 2 is 0.475 bits per heavy atom. The van der Waals surface area contributed by atoms with E-state index in [0.717, 1.165) is 117 Å². The van der Waals surface area contributed by atoms with Crippen LogP contribution in [0.1, 0.15) is 0 Å². The van der Waals surface area contributed by atoms with Crippen LogP contribution in [0.25, 0.3) is 230 Å². The molecule has 0 bridgehead atoms. The van der Waals surface area contributed by atoms with Crippen molar-refractivity contribution in [2.45, 2.75) is 0 Å². The maximum absolute atomic E-state index is 5.42. The van der Waals surface area contributed by atoms with Gasteiger partial charge in [-0.05, 0) is 123 Å². The monoisotopic (exact) mass is 1570 g/mol. The van der Waals surface area contributed by atoms with Gasteiger partial charge in [0.2, 0.25) is 0 Å². The van der Waals surface area contributed by atoms with Crippen LogP contribution >= 0.6 is 22.7 Å². The van der Waals surface area contributed by atoms with Crippen LogP contribution in [0.2, 0.25) is 0 Å². The minimum atomic E-state index is 0.619. The molecule has 16 aromatic carbocycles. The van der Waals surface area contributed by atoms with Crippen LogP contribution in [-0.4, -0.2) is 49.0 Å². The number of para-hydroxylation sites is 4. The van der Waals surface area contributed by atoms with E-state index in [2.05, 4.69) is 312 Å². The van der Waals surface area contributed by atoms with E-state index >= 15 is 0 Å². The summed E-state index contributed by atoms with van der Waals surface area (Å²) in [5.41, 5.74) is 23.2. The summed E-state index contributed by atoms with van der Waals surface area (Å²) in [6, 6.07) is 140. The molecule has 8 heterocycles. The SMILES string of the molecule is c1ccc(-c2cccc(-c3nc(-c4ccccc4)nc(-c4ccc(-n5c6ccccc6c6sc7c8ccccc8nc(-c8ccc9ccccc9c8)c7c65)cc4)n3)c2)cc1.c1ccc(-c2nc(-c3ccccc3)nc(-c3ccc(-c4ccc(-n5c6ccccc6c6sc7c8ccccc8nc(-c8ccc9ccccc9c8)c7c65)cc4)cc3)n2)cc1. The summed E-state index contributed by atoms with van der Waals surface area (Å²) < 4.78 is 9.87. The van der Waals surface area contributed by atoms with Gasteiger partial charge in [0.25, 0.3) is 0 Å². The third-order valence-corrected chi connectivity index (χ3v) is 25.3. The number of rotatable bonds is 12. The molecule has 12 heteroatoms. The first-order valence-corrected chi connectivity index (χ1v) is 41.7. The molecule has 0 unspecified atom stereocenters. The van der Waals surface area contributed by atoms with Gasteiger partial charge in [0.05, 0.1) is 53.9 Å². The van der Waals surface area contributed by atoms with Crippen LogP contribution in [0.4, 0.5) is 0 Å². The third kappa shape index (κ3) is 12.3. The lowest BCUT2D eigenvalue weighted by molar-refractivity contribution is 1.07. The maximum Gasteiger partial charge on any atom is 0.164 e. The number of fused-ring (bicyclic) bond motifs is 16. The van der Waals surface area contributed by atoms with E-state index in [0.29, 0.717) is 34.9 Å². The van der Waals surface area contributed by atoms with Crippen LogP contribution < -0.4 is 0 Å². The molecule has 0 aliphatic rings. The number of hydrogen-bond acceptors (Lipinski definition) is 10. The summed E-state index contributed by atoms with van der Waals surface area (Å²) >= 11 is 3.73. The molecular weight excluding hydrogens is 1500 g/mol. The van der Waals surface area contributed by atoms with Gasteiger partial charge in [-0.15, -0.1) is 22.7 Å². The quantitative estimate of drug-likeness (QED) is 0.119. The molecule has 0 amide bonds. The van der Waals surface area contributed by atoms with Crippen molar-refractivity contribution in [1.82, 2.24) is 49.0 Å². The van der Waals surface area contributed by atoms with Crippen molar-refractivity contribution in [3.8, 4) is 124 Å². The Hall–Kier alpha value is -15.6. The predicted octanol–water partition coefficient (Wildman–Crippen LogP) is 28.4. The molecule has 0 fully saturated rings. The Balaban J connectivity index is 0.000000140. The Labute approximate surface area is 697 Å². The first-order valence-electron chi connectivity index (χ1n) is 40.1. The molecule has 560 valence electrons. The zero-order valence-electron chi connectivity index (χ0n) is 64.4. The first kappa shape index (κ1) is 69.9. The average molecular weight is 1570 g/mol. The second-order valence-electron chi connectivity index (χ2n) is 30.1. The molecule has 0 saturated carbocycles. The second-order valence-corrected chi connectivity index (χ2v) is 32.1. The lowest BCUT2D eigenvalue weighted by Crippen LogP contribution is -2.01. The summed E-state index contributed by atoms with van der Waals surface area (Å²) in [5.74, 6) is 3.82. The van der Waals surface area contributed by atoms with Gasteiger partial charge >= 0.3 is 0 Å². The van der Waals surface area contributed by atoms with Gasteiger partial charge in [-0.1, -0.05) is 322 Å². The van der Waals surface area contributed by atoms with Gasteiger partial charge in [-0.25, -0.2) is 39.9 Å². The minimum absolute atomic E-state index is 0.619. The smallest absolute Gasteiger partial charge is 0.164 e. The van der Waals surface area contributed by atoms with Crippen LogP contribution in [0.15, 0.2) is 400 Å². The molecule has 120 heavy (non-hydrogen) atoms. The second kappa shape index (κ2) is 29.3. The van der Waals surface area contributed by atoms with Gasteiger partial charge in [-0.3, -0.25) is 0 Å². The maximum atomic E-state index is 5.42. The van der Waals surface area contributed by atoms with Crippen molar-refractivity contribution in [1.29, 1.82) is 0 Å². The molecular formula is C108H66N10S2. The number of aromatic nitrogens is 10. The van der Waals surface area contributed by atoms with Gasteiger partial charge in [0, 0.05) is 97.6 Å². The van der Waals surface area contributed by atoms with Gasteiger partial charge in [0.15, 0.2) is 34.9 Å². The number of nitrogens with zero attached hydrogens (tertiary/aromatic N) is 10. The van der Waals surface area contributed by atoms with Crippen LogP contribution in [0.3, 0.4) is 0 Å². The fourth-order valence-corrected chi connectivity index (χ4v) is 19.8. The van der Waals surface area contributed by atoms with Crippen molar-refractivity contribution in [2.75, 3.05) is 0 Å². The molecule has 0 spiro atoms. The van der Waals surface area contributed by atoms with E-state index in [1.54, 1.807) is 0 Å². The molecule has 0 atom stereocenters. The van der Waals surface area contributed by atoms with Crippen molar-refractivity contribution >= 4 is 128 Å². The number of pyridine rings is 2. The zero-order chi connectivity index (χ0) is 79.1. The van der Waals surface area contributed by atoms with Gasteiger partial charge in [0.1, 0.15) is 0 Å². The Morgan fingerprint density at radius 1 is 0.183 bits per heavy atom. The summed E-state index contributed by atoms with van der Waals surface area (Å²) in [6.45, 7) is 0. The van der Waals surface area contributed by atoms with Gasteiger partial charge < -0.3 is 9.13 Å². The fourth-order valence-electron chi connectivity index (χ4n) is 17.1. The number of thiophene rings is 2. The van der Waals surface area contributed by atoms with E-state index in [-0.39, 0.29) is 0 Å². The van der Waals surface area contributed by atoms with Gasteiger partial charge in [-0.2, -0.15) is 0 Å². The molecule has 0 radical (unpaired) electrons. The topological polar surface area (TPSA) is 113 Å². The first-order chi connectivity index (χ1) is 59.5. The highest BCUT2D eigenvalue weighted by atomic mass is 32.1. The Kier molecular flexibility index (Phi) is 17.1. The summed E-state index contributed by atoms with van der Waals surface area (Å²) in [4.78, 5) is 40.8. The van der Waals surface area contributed by atoms with E-state index in [9.17, 15) is 0 Å². The molecule has 0 N–H and O–H groups in total. The molecule has 0 saturated heterocycles. The van der Waals surface area contributed by atoms with E-state index in [4.69, 9.17) is 39.9 Å². The molecule has 8 aromatic heterocycles. The van der Waals surface area contributed by atoms with E-state index in [1.165, 1.54) is 78.3 Å². The largest absolute Gasteiger partial charge is 0.308 e. The van der Waals surface area contributed by atoms with Crippen molar-refractivity contribution < 1.29 is 0 Å². The standard InChI is InChI=1S/2C54H33N5S/c1-3-14-34(15-4-1)39-20-13-21-41(33-39)54-57-52(36-17-5-2-6-18-36)56-53(58-54)37-28-30-42(31-29-37)59-46-25-12-10-23-44(46)51-49(59)47-48(40-27-26-35-16-7-8-19-38(35)32-40)55-45-24-11-9-22-43(45)50(47)60-51;1-3-14-37(15-4-1)52-56-53(38-16-5-2-6-17-38)58-54(57-52)39-26-23-35(24-27-39)36-29-31-42(32-30-36)59-46-22-12-10-20-44(46)51-49(59)47-48(41-28-25-34-13-7-8-18-40(34)33-41)55-45-21-11-9-19-43(45)50(47)60-51/h2*1-33H. The Bertz CT molecular complexity index is 8070. The predicted molar refractivity (Wildman–Crippen MR) is 499 cm³/mol. The summed E-state index contributed by atoms with van der Waals surface area (Å²) in [6.07, 6.45) is 0. The Morgan fingerprint density at radius 3 is 0.900 bits per heavy atom. The van der Waals surface area contributed by atoms with Crippen molar-refractivity contribution in [2.24, 2.45) is 0 Å². The fraction of sp³-hybridized carbons (Fsp3) is 0. The third-order valence-electron chi connectivity index (χ3n) is 22.9. The summed E-state index contributed by atoms with van der Waals surface area (Å²) in [7, 11) is 0. The van der Waals surface area contributed by atoms with E-state index in [1.807, 2.05) is 120 Å².